The molecular weight excluding hydrogens is 212 g/mol. The van der Waals surface area contributed by atoms with E-state index in [1.54, 1.807) is 0 Å². The summed E-state index contributed by atoms with van der Waals surface area (Å²) in [6.07, 6.45) is 2.00. The number of aliphatic hydroxyl groups excluding tert-OH is 1. The van der Waals surface area contributed by atoms with Gasteiger partial charge in [-0.3, -0.25) is 4.79 Å². The molecule has 0 bridgehead atoms. The molecule has 0 unspecified atom stereocenters. The number of aliphatic hydroxyl groups is 1. The molecule has 0 heterocycles. The van der Waals surface area contributed by atoms with E-state index in [2.05, 4.69) is 19.1 Å². The molecule has 3 atom stereocenters. The van der Waals surface area contributed by atoms with E-state index >= 15 is 0 Å². The summed E-state index contributed by atoms with van der Waals surface area (Å²) in [5.41, 5.74) is 4.65. The summed E-state index contributed by atoms with van der Waals surface area (Å²) in [7, 11) is 0. The van der Waals surface area contributed by atoms with Crippen molar-refractivity contribution in [2.24, 2.45) is 11.8 Å². The Hall–Kier alpha value is -1.15. The van der Waals surface area contributed by atoms with Gasteiger partial charge in [-0.15, -0.1) is 0 Å². The lowest BCUT2D eigenvalue weighted by atomic mass is 9.74. The molecule has 17 heavy (non-hydrogen) atoms. The van der Waals surface area contributed by atoms with Crippen LogP contribution in [0.2, 0.25) is 0 Å². The molecule has 1 fully saturated rings. The van der Waals surface area contributed by atoms with Crippen LogP contribution in [0.25, 0.3) is 0 Å². The fourth-order valence-electron chi connectivity index (χ4n) is 3.72. The molecule has 2 aliphatic rings. The summed E-state index contributed by atoms with van der Waals surface area (Å²) < 4.78 is 0. The number of rotatable bonds is 0. The quantitative estimate of drug-likeness (QED) is 0.743. The van der Waals surface area contributed by atoms with Crippen LogP contribution in [-0.2, 0) is 11.2 Å². The number of carbonyl (C=O) groups excluding carboxylic acids is 1. The second-order valence-electron chi connectivity index (χ2n) is 5.59. The van der Waals surface area contributed by atoms with Crippen molar-refractivity contribution < 1.29 is 9.90 Å². The Bertz CT molecular complexity index is 490. The predicted molar refractivity (Wildman–Crippen MR) is 65.8 cm³/mol. The number of hydrogen-bond donors (Lipinski definition) is 1. The fourth-order valence-corrected chi connectivity index (χ4v) is 3.72. The number of carbonyl (C=O) groups is 1. The zero-order valence-corrected chi connectivity index (χ0v) is 10.4. The molecule has 1 saturated carbocycles. The van der Waals surface area contributed by atoms with E-state index in [0.29, 0.717) is 12.3 Å². The third-order valence-corrected chi connectivity index (χ3v) is 4.38. The van der Waals surface area contributed by atoms with Gasteiger partial charge in [-0.25, -0.2) is 0 Å². The molecular formula is C15H18O2. The van der Waals surface area contributed by atoms with Crippen molar-refractivity contribution in [3.63, 3.8) is 0 Å². The highest BCUT2D eigenvalue weighted by atomic mass is 16.3. The molecule has 1 aromatic carbocycles. The average Bonchev–Trinajstić information content (AvgIpc) is 2.59. The van der Waals surface area contributed by atoms with Crippen molar-refractivity contribution >= 4 is 5.78 Å². The van der Waals surface area contributed by atoms with Gasteiger partial charge in [0.05, 0.1) is 12.0 Å². The van der Waals surface area contributed by atoms with Gasteiger partial charge in [0, 0.05) is 6.42 Å². The maximum Gasteiger partial charge on any atom is 0.139 e. The molecule has 90 valence electrons. The first kappa shape index (κ1) is 11.0. The summed E-state index contributed by atoms with van der Waals surface area (Å²) in [4.78, 5) is 11.8. The third kappa shape index (κ3) is 1.54. The lowest BCUT2D eigenvalue weighted by molar-refractivity contribution is -0.125. The molecule has 1 N–H and O–H groups in total. The van der Waals surface area contributed by atoms with Crippen molar-refractivity contribution in [1.82, 2.24) is 0 Å². The van der Waals surface area contributed by atoms with Gasteiger partial charge in [-0.1, -0.05) is 17.7 Å². The van der Waals surface area contributed by atoms with Gasteiger partial charge in [-0.05, 0) is 49.3 Å². The molecule has 0 spiro atoms. The fraction of sp³-hybridized carbons (Fsp3) is 0.533. The molecule has 2 nitrogen and oxygen atoms in total. The Balaban J connectivity index is 2.12. The molecule has 0 radical (unpaired) electrons. The van der Waals surface area contributed by atoms with Gasteiger partial charge in [0.25, 0.3) is 0 Å². The molecule has 0 saturated heterocycles. The Morgan fingerprint density at radius 3 is 2.82 bits per heavy atom. The largest absolute Gasteiger partial charge is 0.388 e. The minimum absolute atomic E-state index is 0.135. The topological polar surface area (TPSA) is 37.3 Å². The predicted octanol–water partition coefficient (Wildman–Crippen LogP) is 2.49. The maximum atomic E-state index is 11.8. The van der Waals surface area contributed by atoms with E-state index < -0.39 is 6.10 Å². The molecule has 3 rings (SSSR count). The summed E-state index contributed by atoms with van der Waals surface area (Å²) in [6.45, 7) is 4.13. The minimum Gasteiger partial charge on any atom is -0.388 e. The van der Waals surface area contributed by atoms with Crippen molar-refractivity contribution in [3.05, 3.63) is 34.4 Å². The van der Waals surface area contributed by atoms with E-state index in [0.717, 1.165) is 24.0 Å². The van der Waals surface area contributed by atoms with Crippen LogP contribution in [0.4, 0.5) is 0 Å². The van der Waals surface area contributed by atoms with E-state index in [9.17, 15) is 9.90 Å². The zero-order chi connectivity index (χ0) is 12.2. The lowest BCUT2D eigenvalue weighted by Crippen LogP contribution is -2.30. The first-order chi connectivity index (χ1) is 8.08. The summed E-state index contributed by atoms with van der Waals surface area (Å²) in [5.74, 6) is 0.489. The zero-order valence-electron chi connectivity index (χ0n) is 10.4. The van der Waals surface area contributed by atoms with Crippen LogP contribution in [0.1, 0.15) is 41.2 Å². The first-order valence-corrected chi connectivity index (χ1v) is 6.38. The van der Waals surface area contributed by atoms with E-state index in [4.69, 9.17) is 0 Å². The monoisotopic (exact) mass is 230 g/mol. The van der Waals surface area contributed by atoms with Gasteiger partial charge in [-0.2, -0.15) is 0 Å². The highest BCUT2D eigenvalue weighted by molar-refractivity contribution is 5.84. The summed E-state index contributed by atoms with van der Waals surface area (Å²) >= 11 is 0. The average molecular weight is 230 g/mol. The van der Waals surface area contributed by atoms with Crippen molar-refractivity contribution in [3.8, 4) is 0 Å². The van der Waals surface area contributed by atoms with Gasteiger partial charge in [0.2, 0.25) is 0 Å². The molecule has 2 aliphatic carbocycles. The number of aryl methyl sites for hydroxylation is 2. The highest BCUT2D eigenvalue weighted by Gasteiger charge is 2.44. The van der Waals surface area contributed by atoms with Crippen molar-refractivity contribution in [2.45, 2.75) is 39.2 Å². The Morgan fingerprint density at radius 2 is 2.06 bits per heavy atom. The van der Waals surface area contributed by atoms with Crippen LogP contribution in [-0.4, -0.2) is 10.9 Å². The number of Topliss-reactive ketones (excluding diaryl/α,β-unsaturated/α-hetero) is 1. The normalized spacial score (nSPS) is 31.2. The number of benzene rings is 1. The van der Waals surface area contributed by atoms with Crippen LogP contribution >= 0.6 is 0 Å². The summed E-state index contributed by atoms with van der Waals surface area (Å²) in [5, 5.41) is 10.5. The summed E-state index contributed by atoms with van der Waals surface area (Å²) in [6, 6.07) is 4.27. The Labute approximate surface area is 102 Å². The van der Waals surface area contributed by atoms with Crippen molar-refractivity contribution in [2.75, 3.05) is 0 Å². The molecule has 0 aromatic heterocycles. The second kappa shape index (κ2) is 3.67. The number of fused-ring (bicyclic) bond motifs is 2. The first-order valence-electron chi connectivity index (χ1n) is 6.38. The van der Waals surface area contributed by atoms with Gasteiger partial charge in [0.1, 0.15) is 5.78 Å². The van der Waals surface area contributed by atoms with Gasteiger partial charge >= 0.3 is 0 Å². The number of hydrogen-bond acceptors (Lipinski definition) is 2. The minimum atomic E-state index is -0.570. The lowest BCUT2D eigenvalue weighted by Gasteiger charge is -2.33. The molecule has 2 heteroatoms. The van der Waals surface area contributed by atoms with Crippen LogP contribution in [0, 0.1) is 25.7 Å². The van der Waals surface area contributed by atoms with E-state index in [1.165, 1.54) is 11.1 Å². The van der Waals surface area contributed by atoms with Gasteiger partial charge in [0.15, 0.2) is 0 Å². The highest BCUT2D eigenvalue weighted by Crippen LogP contribution is 2.46. The van der Waals surface area contributed by atoms with E-state index in [-0.39, 0.29) is 11.7 Å². The van der Waals surface area contributed by atoms with Crippen LogP contribution < -0.4 is 0 Å². The standard InChI is InChI=1S/C15H18O2/c1-8-5-9(2)13-11(6-8)7-10-3-4-12(16)14(10)15(13)17/h5-6,10,14-15,17H,3-4,7H2,1-2H3/t10-,14+,15+/m1/s1. The molecule has 0 aliphatic heterocycles. The second-order valence-corrected chi connectivity index (χ2v) is 5.59. The van der Waals surface area contributed by atoms with Gasteiger partial charge < -0.3 is 5.11 Å². The molecule has 0 amide bonds. The molecule has 1 aromatic rings. The smallest absolute Gasteiger partial charge is 0.139 e. The Morgan fingerprint density at radius 1 is 1.29 bits per heavy atom. The SMILES string of the molecule is Cc1cc(C)c2c(c1)C[C@H]1CCC(=O)[C@H]1[C@H]2O. The Kier molecular flexibility index (Phi) is 2.37. The third-order valence-electron chi connectivity index (χ3n) is 4.38. The maximum absolute atomic E-state index is 11.8. The van der Waals surface area contributed by atoms with Crippen LogP contribution in [0.3, 0.4) is 0 Å². The van der Waals surface area contributed by atoms with Crippen LogP contribution in [0.5, 0.6) is 0 Å². The van der Waals surface area contributed by atoms with Crippen LogP contribution in [0.15, 0.2) is 12.1 Å². The van der Waals surface area contributed by atoms with E-state index in [1.807, 2.05) is 6.92 Å². The van der Waals surface area contributed by atoms with Crippen molar-refractivity contribution in [1.29, 1.82) is 0 Å². The number of ketones is 1.